The molecule has 0 amide bonds. The van der Waals surface area contributed by atoms with Gasteiger partial charge in [-0.1, -0.05) is 59.3 Å². The van der Waals surface area contributed by atoms with Gasteiger partial charge in [0.2, 0.25) is 0 Å². The summed E-state index contributed by atoms with van der Waals surface area (Å²) in [5.74, 6) is 0. The average molecular weight is 200 g/mol. The van der Waals surface area contributed by atoms with Crippen molar-refractivity contribution < 1.29 is 0 Å². The molecule has 0 aliphatic heterocycles. The van der Waals surface area contributed by atoms with Gasteiger partial charge in [-0.2, -0.15) is 0 Å². The summed E-state index contributed by atoms with van der Waals surface area (Å²) < 4.78 is 0. The maximum absolute atomic E-state index is 3.49. The summed E-state index contributed by atoms with van der Waals surface area (Å²) in [7, 11) is 4.29. The van der Waals surface area contributed by atoms with E-state index in [4.69, 9.17) is 0 Å². The monoisotopic (exact) mass is 200 g/mol. The molecular formula is C13H30N. The number of nitrogens with zero attached hydrogens (tertiary/aromatic N) is 1. The fourth-order valence-corrected chi connectivity index (χ4v) is 1.21. The topological polar surface area (TPSA) is 3.24 Å². The lowest BCUT2D eigenvalue weighted by molar-refractivity contribution is 0.389. The fraction of sp³-hybridized carbons (Fsp3) is 0.923. The molecule has 0 aliphatic carbocycles. The summed E-state index contributed by atoms with van der Waals surface area (Å²) in [5, 5.41) is 0. The zero-order valence-corrected chi connectivity index (χ0v) is 10.8. The Morgan fingerprint density at radius 3 is 1.71 bits per heavy atom. The first-order chi connectivity index (χ1) is 6.68. The Kier molecular flexibility index (Phi) is 18.1. The van der Waals surface area contributed by atoms with Crippen LogP contribution in [0, 0.1) is 6.92 Å². The molecule has 0 aliphatic rings. The number of hydrogen-bond acceptors (Lipinski definition) is 1. The number of rotatable bonds is 7. The third-order valence-corrected chi connectivity index (χ3v) is 1.96. The van der Waals surface area contributed by atoms with Crippen LogP contribution in [0.15, 0.2) is 0 Å². The summed E-state index contributed by atoms with van der Waals surface area (Å²) in [6.45, 7) is 9.02. The third-order valence-electron chi connectivity index (χ3n) is 1.96. The third kappa shape index (κ3) is 22.7. The van der Waals surface area contributed by atoms with Gasteiger partial charge in [0.25, 0.3) is 0 Å². The largest absolute Gasteiger partial charge is 0.309 e. The highest BCUT2D eigenvalue weighted by Crippen LogP contribution is 2.04. The summed E-state index contributed by atoms with van der Waals surface area (Å²) in [4.78, 5) is 2.26. The van der Waals surface area contributed by atoms with E-state index in [-0.39, 0.29) is 0 Å². The molecule has 0 unspecified atom stereocenters. The van der Waals surface area contributed by atoms with E-state index in [1.165, 1.54) is 45.1 Å². The molecular weight excluding hydrogens is 170 g/mol. The first-order valence-electron chi connectivity index (χ1n) is 6.12. The van der Waals surface area contributed by atoms with E-state index in [2.05, 4.69) is 32.8 Å². The Labute approximate surface area is 91.9 Å². The standard InChI is InChI=1S/C10H23N.C3H7/c1-4-5-6-7-8-9-10-11(2)3;1-3-2/h4-10H2,1-3H3;1,3H2,2H3. The quantitative estimate of drug-likeness (QED) is 0.558. The molecule has 0 rings (SSSR count). The van der Waals surface area contributed by atoms with E-state index in [9.17, 15) is 0 Å². The van der Waals surface area contributed by atoms with Crippen molar-refractivity contribution in [3.05, 3.63) is 6.92 Å². The van der Waals surface area contributed by atoms with Crippen LogP contribution in [0.1, 0.15) is 58.8 Å². The molecule has 0 heterocycles. The van der Waals surface area contributed by atoms with Crippen molar-refractivity contribution in [2.45, 2.75) is 58.8 Å². The molecule has 0 aromatic carbocycles. The van der Waals surface area contributed by atoms with Gasteiger partial charge in [0.1, 0.15) is 0 Å². The summed E-state index contributed by atoms with van der Waals surface area (Å²) >= 11 is 0. The second kappa shape index (κ2) is 15.4. The minimum atomic E-state index is 1.00. The second-order valence-corrected chi connectivity index (χ2v) is 4.07. The SMILES string of the molecule is CCCCCCCCN(C)C.[CH2]CC. The first-order valence-corrected chi connectivity index (χ1v) is 6.12. The van der Waals surface area contributed by atoms with Crippen LogP contribution < -0.4 is 0 Å². The lowest BCUT2D eigenvalue weighted by Crippen LogP contribution is -2.12. The van der Waals surface area contributed by atoms with Gasteiger partial charge in [0, 0.05) is 0 Å². The normalized spacial score (nSPS) is 9.86. The molecule has 14 heavy (non-hydrogen) atoms. The van der Waals surface area contributed by atoms with Gasteiger partial charge < -0.3 is 4.90 Å². The zero-order valence-electron chi connectivity index (χ0n) is 10.8. The Bertz CT molecular complexity index is 79.3. The number of unbranched alkanes of at least 4 members (excludes halogenated alkanes) is 5. The molecule has 0 aromatic rings. The fourth-order valence-electron chi connectivity index (χ4n) is 1.21. The lowest BCUT2D eigenvalue weighted by atomic mass is 10.1. The van der Waals surface area contributed by atoms with Crippen LogP contribution in [0.3, 0.4) is 0 Å². The minimum absolute atomic E-state index is 1.00. The van der Waals surface area contributed by atoms with Gasteiger partial charge in [-0.15, -0.1) is 0 Å². The highest BCUT2D eigenvalue weighted by Gasteiger charge is 1.90. The maximum atomic E-state index is 3.49. The predicted molar refractivity (Wildman–Crippen MR) is 67.6 cm³/mol. The van der Waals surface area contributed by atoms with Crippen LogP contribution >= 0.6 is 0 Å². The van der Waals surface area contributed by atoms with Gasteiger partial charge >= 0.3 is 0 Å². The van der Waals surface area contributed by atoms with Crippen molar-refractivity contribution in [1.29, 1.82) is 0 Å². The van der Waals surface area contributed by atoms with Crippen molar-refractivity contribution in [2.75, 3.05) is 20.6 Å². The summed E-state index contributed by atoms with van der Waals surface area (Å²) in [5.41, 5.74) is 0. The molecule has 0 N–H and O–H groups in total. The van der Waals surface area contributed by atoms with Crippen molar-refractivity contribution in [3.63, 3.8) is 0 Å². The Morgan fingerprint density at radius 1 is 0.857 bits per heavy atom. The van der Waals surface area contributed by atoms with Gasteiger partial charge in [-0.25, -0.2) is 0 Å². The number of hydrogen-bond donors (Lipinski definition) is 0. The van der Waals surface area contributed by atoms with E-state index >= 15 is 0 Å². The Balaban J connectivity index is 0. The van der Waals surface area contributed by atoms with Crippen LogP contribution in [0.25, 0.3) is 0 Å². The molecule has 0 bridgehead atoms. The van der Waals surface area contributed by atoms with Crippen LogP contribution in [0.4, 0.5) is 0 Å². The first kappa shape index (κ1) is 16.4. The molecule has 0 fully saturated rings. The summed E-state index contributed by atoms with van der Waals surface area (Å²) in [6, 6.07) is 0. The molecule has 0 atom stereocenters. The van der Waals surface area contributed by atoms with Gasteiger partial charge in [0.15, 0.2) is 0 Å². The Morgan fingerprint density at radius 2 is 1.29 bits per heavy atom. The predicted octanol–water partition coefficient (Wildman–Crippen LogP) is 4.14. The van der Waals surface area contributed by atoms with E-state index in [0.717, 1.165) is 6.42 Å². The van der Waals surface area contributed by atoms with Crippen molar-refractivity contribution in [3.8, 4) is 0 Å². The Hall–Kier alpha value is -0.0400. The molecule has 0 spiro atoms. The maximum Gasteiger partial charge on any atom is -0.00248 e. The highest BCUT2D eigenvalue weighted by molar-refractivity contribution is 4.46. The van der Waals surface area contributed by atoms with Crippen molar-refractivity contribution in [1.82, 2.24) is 4.90 Å². The molecule has 0 saturated carbocycles. The lowest BCUT2D eigenvalue weighted by Gasteiger charge is -2.08. The van der Waals surface area contributed by atoms with Crippen LogP contribution in [0.5, 0.6) is 0 Å². The van der Waals surface area contributed by atoms with Gasteiger partial charge in [-0.05, 0) is 27.1 Å². The van der Waals surface area contributed by atoms with Gasteiger partial charge in [-0.3, -0.25) is 0 Å². The zero-order chi connectivity index (χ0) is 11.2. The van der Waals surface area contributed by atoms with Crippen LogP contribution in [0.2, 0.25) is 0 Å². The van der Waals surface area contributed by atoms with E-state index in [1.807, 2.05) is 6.92 Å². The molecule has 0 aromatic heterocycles. The average Bonchev–Trinajstić information content (AvgIpc) is 2.12. The van der Waals surface area contributed by atoms with Crippen LogP contribution in [-0.4, -0.2) is 25.5 Å². The second-order valence-electron chi connectivity index (χ2n) is 4.07. The van der Waals surface area contributed by atoms with Crippen molar-refractivity contribution in [2.24, 2.45) is 0 Å². The summed E-state index contributed by atoms with van der Waals surface area (Å²) in [6.07, 6.45) is 9.43. The minimum Gasteiger partial charge on any atom is -0.309 e. The molecule has 1 heteroatoms. The molecule has 0 saturated heterocycles. The van der Waals surface area contributed by atoms with E-state index < -0.39 is 0 Å². The van der Waals surface area contributed by atoms with Crippen LogP contribution in [-0.2, 0) is 0 Å². The highest BCUT2D eigenvalue weighted by atomic mass is 15.0. The molecule has 87 valence electrons. The van der Waals surface area contributed by atoms with Crippen molar-refractivity contribution >= 4 is 0 Å². The van der Waals surface area contributed by atoms with E-state index in [0.29, 0.717) is 0 Å². The smallest absolute Gasteiger partial charge is 0.00248 e. The van der Waals surface area contributed by atoms with E-state index in [1.54, 1.807) is 0 Å². The van der Waals surface area contributed by atoms with Gasteiger partial charge in [0.05, 0.1) is 0 Å². The molecule has 1 nitrogen and oxygen atoms in total. The molecule has 1 radical (unpaired) electrons.